The lowest BCUT2D eigenvalue weighted by Crippen LogP contribution is -2.07. The second kappa shape index (κ2) is 6.09. The Morgan fingerprint density at radius 2 is 2.04 bits per heavy atom. The standard InChI is InChI=1S/C21H21N5/c22-20-19-6-8-26(21(19)25-13-24-20)18-4-2-15(11-18)9-14-1-3-16-5-7-23-12-17(16)10-14/h1,3,5-8,10,12-13,15,18H,2,4,9,11H2,(H2,22,24,25). The van der Waals surface area contributed by atoms with Crippen molar-refractivity contribution in [2.24, 2.45) is 5.92 Å². The van der Waals surface area contributed by atoms with Crippen molar-refractivity contribution in [3.05, 3.63) is 60.8 Å². The van der Waals surface area contributed by atoms with Crippen LogP contribution in [0.1, 0.15) is 30.9 Å². The van der Waals surface area contributed by atoms with Crippen LogP contribution in [0.3, 0.4) is 0 Å². The Morgan fingerprint density at radius 3 is 3.00 bits per heavy atom. The van der Waals surface area contributed by atoms with Crippen LogP contribution < -0.4 is 5.73 Å². The maximum absolute atomic E-state index is 5.97. The van der Waals surface area contributed by atoms with Gasteiger partial charge < -0.3 is 10.3 Å². The van der Waals surface area contributed by atoms with Gasteiger partial charge in [-0.15, -0.1) is 0 Å². The molecular formula is C21H21N5. The molecule has 0 radical (unpaired) electrons. The zero-order valence-corrected chi connectivity index (χ0v) is 14.5. The second-order valence-corrected chi connectivity index (χ2v) is 7.31. The van der Waals surface area contributed by atoms with E-state index in [4.69, 9.17) is 5.73 Å². The normalized spacial score (nSPS) is 20.2. The molecule has 5 heteroatoms. The summed E-state index contributed by atoms with van der Waals surface area (Å²) >= 11 is 0. The summed E-state index contributed by atoms with van der Waals surface area (Å²) in [5, 5.41) is 3.44. The lowest BCUT2D eigenvalue weighted by molar-refractivity contribution is 0.483. The van der Waals surface area contributed by atoms with Gasteiger partial charge in [0.2, 0.25) is 0 Å². The molecular weight excluding hydrogens is 322 g/mol. The fourth-order valence-electron chi connectivity index (χ4n) is 4.37. The predicted octanol–water partition coefficient (Wildman–Crippen LogP) is 4.15. The van der Waals surface area contributed by atoms with Crippen LogP contribution in [0.5, 0.6) is 0 Å². The van der Waals surface area contributed by atoms with E-state index in [2.05, 4.69) is 50.0 Å². The number of benzene rings is 1. The summed E-state index contributed by atoms with van der Waals surface area (Å²) in [6.45, 7) is 0. The lowest BCUT2D eigenvalue weighted by Gasteiger charge is -2.14. The molecule has 26 heavy (non-hydrogen) atoms. The molecule has 5 rings (SSSR count). The summed E-state index contributed by atoms with van der Waals surface area (Å²) < 4.78 is 2.29. The van der Waals surface area contributed by atoms with Gasteiger partial charge in [-0.3, -0.25) is 4.98 Å². The molecule has 0 saturated heterocycles. The fraction of sp³-hybridized carbons (Fsp3) is 0.286. The number of fused-ring (bicyclic) bond motifs is 2. The van der Waals surface area contributed by atoms with Gasteiger partial charge in [-0.2, -0.15) is 0 Å². The molecule has 3 heterocycles. The number of nitrogens with two attached hydrogens (primary N) is 1. The van der Waals surface area contributed by atoms with Crippen LogP contribution in [0, 0.1) is 5.92 Å². The van der Waals surface area contributed by atoms with E-state index in [0.29, 0.717) is 17.8 Å². The number of nitrogens with zero attached hydrogens (tertiary/aromatic N) is 4. The third kappa shape index (κ3) is 2.60. The van der Waals surface area contributed by atoms with E-state index in [9.17, 15) is 0 Å². The van der Waals surface area contributed by atoms with Crippen LogP contribution in [0.2, 0.25) is 0 Å². The van der Waals surface area contributed by atoms with Crippen molar-refractivity contribution in [3.63, 3.8) is 0 Å². The van der Waals surface area contributed by atoms with Gasteiger partial charge in [0.05, 0.1) is 5.39 Å². The fourth-order valence-corrected chi connectivity index (χ4v) is 4.37. The molecule has 2 atom stereocenters. The van der Waals surface area contributed by atoms with Crippen LogP contribution in [-0.2, 0) is 6.42 Å². The van der Waals surface area contributed by atoms with Gasteiger partial charge in [0, 0.05) is 30.0 Å². The molecule has 2 unspecified atom stereocenters. The SMILES string of the molecule is Nc1ncnc2c1ccn2C1CCC(Cc2ccc3ccncc3c2)C1. The van der Waals surface area contributed by atoms with E-state index in [1.807, 2.05) is 18.5 Å². The molecule has 0 amide bonds. The third-order valence-corrected chi connectivity index (χ3v) is 5.68. The van der Waals surface area contributed by atoms with Crippen molar-refractivity contribution in [3.8, 4) is 0 Å². The van der Waals surface area contributed by atoms with Crippen LogP contribution in [-0.4, -0.2) is 19.5 Å². The maximum Gasteiger partial charge on any atom is 0.145 e. The summed E-state index contributed by atoms with van der Waals surface area (Å²) in [6.07, 6.45) is 12.2. The quantitative estimate of drug-likeness (QED) is 0.607. The van der Waals surface area contributed by atoms with E-state index in [1.165, 1.54) is 35.6 Å². The van der Waals surface area contributed by atoms with Crippen molar-refractivity contribution in [1.82, 2.24) is 19.5 Å². The van der Waals surface area contributed by atoms with Crippen LogP contribution in [0.15, 0.2) is 55.2 Å². The minimum atomic E-state index is 0.494. The van der Waals surface area contributed by atoms with Crippen molar-refractivity contribution in [1.29, 1.82) is 0 Å². The summed E-state index contributed by atoms with van der Waals surface area (Å²) in [6, 6.07) is 11.3. The Labute approximate surface area is 151 Å². The van der Waals surface area contributed by atoms with E-state index >= 15 is 0 Å². The lowest BCUT2D eigenvalue weighted by atomic mass is 9.96. The molecule has 2 N–H and O–H groups in total. The summed E-state index contributed by atoms with van der Waals surface area (Å²) in [5.74, 6) is 1.26. The number of hydrogen-bond donors (Lipinski definition) is 1. The zero-order chi connectivity index (χ0) is 17.5. The van der Waals surface area contributed by atoms with Gasteiger partial charge in [-0.05, 0) is 60.7 Å². The summed E-state index contributed by atoms with van der Waals surface area (Å²) in [7, 11) is 0. The first kappa shape index (κ1) is 15.3. The molecule has 130 valence electrons. The zero-order valence-electron chi connectivity index (χ0n) is 14.5. The van der Waals surface area contributed by atoms with Gasteiger partial charge in [0.1, 0.15) is 17.8 Å². The number of pyridine rings is 1. The number of aromatic nitrogens is 4. The van der Waals surface area contributed by atoms with Crippen molar-refractivity contribution < 1.29 is 0 Å². The van der Waals surface area contributed by atoms with E-state index < -0.39 is 0 Å². The highest BCUT2D eigenvalue weighted by atomic mass is 15.1. The largest absolute Gasteiger partial charge is 0.383 e. The number of hydrogen-bond acceptors (Lipinski definition) is 4. The molecule has 0 spiro atoms. The number of rotatable bonds is 3. The summed E-state index contributed by atoms with van der Waals surface area (Å²) in [4.78, 5) is 12.8. The summed E-state index contributed by atoms with van der Waals surface area (Å²) in [5.41, 5.74) is 8.33. The Kier molecular flexibility index (Phi) is 3.59. The molecule has 0 aliphatic heterocycles. The molecule has 3 aromatic heterocycles. The van der Waals surface area contributed by atoms with E-state index in [-0.39, 0.29) is 0 Å². The molecule has 5 nitrogen and oxygen atoms in total. The van der Waals surface area contributed by atoms with Crippen molar-refractivity contribution in [2.45, 2.75) is 31.7 Å². The first-order chi connectivity index (χ1) is 12.8. The maximum atomic E-state index is 5.97. The van der Waals surface area contributed by atoms with Gasteiger partial charge in [-0.25, -0.2) is 9.97 Å². The minimum absolute atomic E-state index is 0.494. The number of nitrogen functional groups attached to an aromatic ring is 1. The molecule has 1 aliphatic rings. The van der Waals surface area contributed by atoms with Crippen LogP contribution >= 0.6 is 0 Å². The number of anilines is 1. The topological polar surface area (TPSA) is 69.6 Å². The van der Waals surface area contributed by atoms with E-state index in [0.717, 1.165) is 17.5 Å². The van der Waals surface area contributed by atoms with Crippen molar-refractivity contribution >= 4 is 27.6 Å². The highest BCUT2D eigenvalue weighted by Gasteiger charge is 2.27. The Morgan fingerprint density at radius 1 is 1.08 bits per heavy atom. The smallest absolute Gasteiger partial charge is 0.145 e. The first-order valence-electron chi connectivity index (χ1n) is 9.17. The Balaban J connectivity index is 1.35. The Hall–Kier alpha value is -2.95. The predicted molar refractivity (Wildman–Crippen MR) is 104 cm³/mol. The first-order valence-corrected chi connectivity index (χ1v) is 9.17. The Bertz CT molecular complexity index is 1080. The highest BCUT2D eigenvalue weighted by Crippen LogP contribution is 2.38. The third-order valence-electron chi connectivity index (χ3n) is 5.68. The van der Waals surface area contributed by atoms with Crippen LogP contribution in [0.25, 0.3) is 21.8 Å². The molecule has 1 fully saturated rings. The molecule has 1 aromatic carbocycles. The molecule has 1 aliphatic carbocycles. The molecule has 1 saturated carbocycles. The molecule has 4 aromatic rings. The monoisotopic (exact) mass is 343 g/mol. The average Bonchev–Trinajstić information content (AvgIpc) is 3.29. The van der Waals surface area contributed by atoms with Gasteiger partial charge >= 0.3 is 0 Å². The van der Waals surface area contributed by atoms with Crippen molar-refractivity contribution in [2.75, 3.05) is 5.73 Å². The molecule has 0 bridgehead atoms. The van der Waals surface area contributed by atoms with Gasteiger partial charge in [0.15, 0.2) is 0 Å². The van der Waals surface area contributed by atoms with Gasteiger partial charge in [0.25, 0.3) is 0 Å². The van der Waals surface area contributed by atoms with Crippen LogP contribution in [0.4, 0.5) is 5.82 Å². The highest BCUT2D eigenvalue weighted by molar-refractivity contribution is 5.86. The average molecular weight is 343 g/mol. The van der Waals surface area contributed by atoms with Gasteiger partial charge in [-0.1, -0.05) is 12.1 Å². The second-order valence-electron chi connectivity index (χ2n) is 7.31. The van der Waals surface area contributed by atoms with E-state index in [1.54, 1.807) is 6.33 Å². The minimum Gasteiger partial charge on any atom is -0.383 e.